The van der Waals surface area contributed by atoms with E-state index in [1.807, 2.05) is 13.8 Å². The lowest BCUT2D eigenvalue weighted by Gasteiger charge is -2.47. The predicted molar refractivity (Wildman–Crippen MR) is 152 cm³/mol. The van der Waals surface area contributed by atoms with Crippen molar-refractivity contribution in [3.63, 3.8) is 0 Å². The van der Waals surface area contributed by atoms with Gasteiger partial charge in [0.25, 0.3) is 0 Å². The summed E-state index contributed by atoms with van der Waals surface area (Å²) in [5, 5.41) is 20.4. The first-order valence-electron chi connectivity index (χ1n) is 14.0. The van der Waals surface area contributed by atoms with Gasteiger partial charge in [0.05, 0.1) is 0 Å². The maximum atomic E-state index is 12.5. The van der Waals surface area contributed by atoms with Crippen LogP contribution in [0.5, 0.6) is 23.0 Å². The van der Waals surface area contributed by atoms with Crippen molar-refractivity contribution in [1.29, 1.82) is 0 Å². The highest BCUT2D eigenvalue weighted by atomic mass is 16.5. The third kappa shape index (κ3) is 5.06. The SMILES string of the molecule is Cc1cc(O)c(=O)cc2c1C[C@@H]1CC[C@]3(C)Oc4cc(=O)c(O)cc(C)c4C[C@@H]3CC(C)(C)/C=C\C[C@@]1(C)O2. The van der Waals surface area contributed by atoms with Gasteiger partial charge in [-0.1, -0.05) is 26.0 Å². The van der Waals surface area contributed by atoms with Crippen LogP contribution in [0.25, 0.3) is 0 Å². The second-order valence-electron chi connectivity index (χ2n) is 13.1. The number of hydrogen-bond donors (Lipinski definition) is 2. The molecule has 0 amide bonds. The lowest BCUT2D eigenvalue weighted by Crippen LogP contribution is -2.49. The molecule has 2 aliphatic heterocycles. The normalized spacial score (nSPS) is 30.1. The Balaban J connectivity index is 1.59. The summed E-state index contributed by atoms with van der Waals surface area (Å²) in [6, 6.07) is 5.96. The van der Waals surface area contributed by atoms with Gasteiger partial charge >= 0.3 is 0 Å². The van der Waals surface area contributed by atoms with Crippen molar-refractivity contribution >= 4 is 0 Å². The molecule has 208 valence electrons. The molecule has 3 aliphatic rings. The summed E-state index contributed by atoms with van der Waals surface area (Å²) >= 11 is 0. The number of rotatable bonds is 0. The van der Waals surface area contributed by atoms with Gasteiger partial charge in [-0.25, -0.2) is 0 Å². The first-order chi connectivity index (χ1) is 18.2. The first kappa shape index (κ1) is 27.3. The van der Waals surface area contributed by atoms with Crippen molar-refractivity contribution in [3.8, 4) is 23.0 Å². The lowest BCUT2D eigenvalue weighted by atomic mass is 9.69. The molecular formula is C33H40O6. The van der Waals surface area contributed by atoms with Gasteiger partial charge in [-0.05, 0) is 99.6 Å². The van der Waals surface area contributed by atoms with Crippen LogP contribution in [0.1, 0.15) is 75.6 Å². The minimum Gasteiger partial charge on any atom is -0.504 e. The van der Waals surface area contributed by atoms with E-state index in [1.165, 1.54) is 18.2 Å². The Labute approximate surface area is 230 Å². The summed E-state index contributed by atoms with van der Waals surface area (Å²) in [7, 11) is 0. The predicted octanol–water partition coefficient (Wildman–Crippen LogP) is 5.91. The van der Waals surface area contributed by atoms with Crippen molar-refractivity contribution in [2.45, 2.75) is 91.3 Å². The molecule has 5 rings (SSSR count). The third-order valence-corrected chi connectivity index (χ3v) is 9.45. The highest BCUT2D eigenvalue weighted by molar-refractivity contribution is 5.46. The van der Waals surface area contributed by atoms with Gasteiger partial charge in [-0.15, -0.1) is 0 Å². The van der Waals surface area contributed by atoms with Crippen molar-refractivity contribution < 1.29 is 19.7 Å². The zero-order valence-electron chi connectivity index (χ0n) is 23.9. The highest BCUT2D eigenvalue weighted by Gasteiger charge is 2.47. The number of aromatic hydroxyl groups is 2. The van der Waals surface area contributed by atoms with Crippen molar-refractivity contribution in [2.75, 3.05) is 0 Å². The Kier molecular flexibility index (Phi) is 6.60. The van der Waals surface area contributed by atoms with Crippen LogP contribution in [0.15, 0.2) is 46.0 Å². The van der Waals surface area contributed by atoms with Gasteiger partial charge < -0.3 is 19.7 Å². The first-order valence-corrected chi connectivity index (χ1v) is 14.0. The van der Waals surface area contributed by atoms with Crippen molar-refractivity contribution in [2.24, 2.45) is 17.3 Å². The van der Waals surface area contributed by atoms with E-state index < -0.39 is 22.1 Å². The van der Waals surface area contributed by atoms with Gasteiger partial charge in [0.2, 0.25) is 10.9 Å². The quantitative estimate of drug-likeness (QED) is 0.410. The average molecular weight is 533 g/mol. The van der Waals surface area contributed by atoms with E-state index in [0.29, 0.717) is 17.9 Å². The molecule has 0 saturated carbocycles. The Morgan fingerprint density at radius 2 is 1.28 bits per heavy atom. The van der Waals surface area contributed by atoms with Gasteiger partial charge in [-0.2, -0.15) is 0 Å². The van der Waals surface area contributed by atoms with Crippen LogP contribution in [-0.4, -0.2) is 21.4 Å². The summed E-state index contributed by atoms with van der Waals surface area (Å²) in [4.78, 5) is 25.0. The highest BCUT2D eigenvalue weighted by Crippen LogP contribution is 2.49. The molecule has 2 heterocycles. The smallest absolute Gasteiger partial charge is 0.223 e. The number of ether oxygens (including phenoxy) is 2. The number of allylic oxidation sites excluding steroid dienone is 1. The van der Waals surface area contributed by atoms with Crippen LogP contribution in [0, 0.1) is 31.1 Å². The van der Waals surface area contributed by atoms with Crippen molar-refractivity contribution in [1.82, 2.24) is 0 Å². The molecule has 0 saturated heterocycles. The van der Waals surface area contributed by atoms with E-state index in [0.717, 1.165) is 54.4 Å². The fourth-order valence-corrected chi connectivity index (χ4v) is 6.91. The molecule has 4 atom stereocenters. The van der Waals surface area contributed by atoms with Crippen LogP contribution in [0.2, 0.25) is 0 Å². The molecule has 2 aromatic rings. The molecule has 2 aromatic carbocycles. The maximum absolute atomic E-state index is 12.5. The fraction of sp³-hybridized carbons (Fsp3) is 0.515. The van der Waals surface area contributed by atoms with E-state index in [-0.39, 0.29) is 28.7 Å². The Morgan fingerprint density at radius 1 is 0.769 bits per heavy atom. The van der Waals surface area contributed by atoms with Crippen LogP contribution < -0.4 is 20.3 Å². The fourth-order valence-electron chi connectivity index (χ4n) is 6.91. The van der Waals surface area contributed by atoms with E-state index in [4.69, 9.17) is 9.47 Å². The Morgan fingerprint density at radius 3 is 1.85 bits per heavy atom. The number of hydrogen-bond acceptors (Lipinski definition) is 6. The largest absolute Gasteiger partial charge is 0.504 e. The van der Waals surface area contributed by atoms with Crippen LogP contribution in [0.3, 0.4) is 0 Å². The zero-order valence-corrected chi connectivity index (χ0v) is 23.9. The van der Waals surface area contributed by atoms with Crippen molar-refractivity contribution in [3.05, 3.63) is 79.1 Å². The molecule has 6 nitrogen and oxygen atoms in total. The zero-order chi connectivity index (χ0) is 28.3. The van der Waals surface area contributed by atoms with Gasteiger partial charge in [0.1, 0.15) is 22.7 Å². The topological polar surface area (TPSA) is 93.1 Å². The molecule has 0 bridgehead atoms. The molecule has 0 radical (unpaired) electrons. The van der Waals surface area contributed by atoms with Crippen LogP contribution in [-0.2, 0) is 12.8 Å². The van der Waals surface area contributed by atoms with E-state index in [1.54, 1.807) is 6.07 Å². The molecule has 39 heavy (non-hydrogen) atoms. The second kappa shape index (κ2) is 9.42. The summed E-state index contributed by atoms with van der Waals surface area (Å²) in [6.45, 7) is 12.6. The van der Waals surface area contributed by atoms with Gasteiger partial charge in [-0.3, -0.25) is 9.59 Å². The molecule has 1 aliphatic carbocycles. The summed E-state index contributed by atoms with van der Waals surface area (Å²) < 4.78 is 13.4. The third-order valence-electron chi connectivity index (χ3n) is 9.45. The lowest BCUT2D eigenvalue weighted by molar-refractivity contribution is -0.0357. The maximum Gasteiger partial charge on any atom is 0.223 e. The summed E-state index contributed by atoms with van der Waals surface area (Å²) in [5.74, 6) is 0.932. The summed E-state index contributed by atoms with van der Waals surface area (Å²) in [5.41, 5.74) is 1.61. The number of aryl methyl sites for hydroxylation is 2. The average Bonchev–Trinajstić information content (AvgIpc) is 3.00. The molecule has 0 aromatic heterocycles. The van der Waals surface area contributed by atoms with E-state index in [9.17, 15) is 19.8 Å². The number of fused-ring (bicyclic) bond motifs is 4. The van der Waals surface area contributed by atoms with Gasteiger partial charge in [0.15, 0.2) is 11.5 Å². The van der Waals surface area contributed by atoms with E-state index in [2.05, 4.69) is 39.8 Å². The molecule has 0 spiro atoms. The second-order valence-corrected chi connectivity index (χ2v) is 13.1. The molecular weight excluding hydrogens is 492 g/mol. The summed E-state index contributed by atoms with van der Waals surface area (Å²) in [6.07, 6.45) is 9.19. The van der Waals surface area contributed by atoms with Crippen LogP contribution in [0.4, 0.5) is 0 Å². The standard InChI is InChI=1S/C33H40O6/c1-19-12-25(34)27(36)16-29-23(19)14-21-8-11-33(6)22(18-31(3,4)9-7-10-32(21,5)38-29)15-24-20(2)13-26(35)28(37)17-30(24)39-33/h7,9,12-13,16-17,21-22H,8,10-11,14-15,18H2,1-6H3,(H,34,36)(H,35,37)/b9-7-/t21-,22+,32+,33-/m0/s1. The molecule has 6 heteroatoms. The van der Waals surface area contributed by atoms with Gasteiger partial charge in [0, 0.05) is 30.4 Å². The van der Waals surface area contributed by atoms with Crippen LogP contribution >= 0.6 is 0 Å². The molecule has 0 fully saturated rings. The monoisotopic (exact) mass is 532 g/mol. The molecule has 2 N–H and O–H groups in total. The Hall–Kier alpha value is -3.28. The molecule has 0 unspecified atom stereocenters. The van der Waals surface area contributed by atoms with E-state index >= 15 is 0 Å². The minimum atomic E-state index is -0.539. The minimum absolute atomic E-state index is 0.108. The Bertz CT molecular complexity index is 1470.